The average Bonchev–Trinajstić information content (AvgIpc) is 2.39. The van der Waals surface area contributed by atoms with E-state index in [0.29, 0.717) is 0 Å². The summed E-state index contributed by atoms with van der Waals surface area (Å²) >= 11 is -0.0389. The number of hydrogen-bond acceptors (Lipinski definition) is 0. The Morgan fingerprint density at radius 2 is 1.26 bits per heavy atom. The summed E-state index contributed by atoms with van der Waals surface area (Å²) in [5.41, 5.74) is 3.09. The zero-order chi connectivity index (χ0) is 13.9. The van der Waals surface area contributed by atoms with Crippen LogP contribution < -0.4 is 21.2 Å². The molecule has 0 aromatic heterocycles. The maximum atomic E-state index is 2.31. The normalized spacial score (nSPS) is 11.8. The van der Waals surface area contributed by atoms with Crippen molar-refractivity contribution in [1.29, 1.82) is 0 Å². The van der Waals surface area contributed by atoms with E-state index in [0.717, 1.165) is 6.42 Å². The van der Waals surface area contributed by atoms with Crippen LogP contribution in [0.15, 0.2) is 48.5 Å². The Labute approximate surface area is 127 Å². The van der Waals surface area contributed by atoms with E-state index < -0.39 is 0 Å². The first-order chi connectivity index (χ1) is 8.99. The van der Waals surface area contributed by atoms with Crippen molar-refractivity contribution in [2.75, 3.05) is 0 Å². The molecule has 2 aromatic rings. The number of benzene rings is 2. The van der Waals surface area contributed by atoms with Gasteiger partial charge in [0.25, 0.3) is 0 Å². The van der Waals surface area contributed by atoms with Crippen molar-refractivity contribution >= 4 is 0 Å². The summed E-state index contributed by atoms with van der Waals surface area (Å²) in [7, 11) is 0. The molecule has 1 heteroatoms. The minimum atomic E-state index is -0.0389. The molecule has 0 aliphatic carbocycles. The van der Waals surface area contributed by atoms with E-state index in [1.165, 1.54) is 18.3 Å². The van der Waals surface area contributed by atoms with Gasteiger partial charge in [-0.25, -0.2) is 0 Å². The van der Waals surface area contributed by atoms with Gasteiger partial charge in [-0.05, 0) is 0 Å². The summed E-state index contributed by atoms with van der Waals surface area (Å²) in [4.78, 5) is 0. The Morgan fingerprint density at radius 3 is 1.68 bits per heavy atom. The van der Waals surface area contributed by atoms with Gasteiger partial charge in [-0.3, -0.25) is 0 Å². The van der Waals surface area contributed by atoms with Crippen molar-refractivity contribution in [3.8, 4) is 0 Å². The summed E-state index contributed by atoms with van der Waals surface area (Å²) < 4.78 is 3.00. The van der Waals surface area contributed by atoms with Gasteiger partial charge < -0.3 is 0 Å². The Morgan fingerprint density at radius 1 is 0.789 bits per heavy atom. The van der Waals surface area contributed by atoms with Gasteiger partial charge in [-0.1, -0.05) is 0 Å². The fourth-order valence-corrected chi connectivity index (χ4v) is 4.08. The molecule has 2 rings (SSSR count). The van der Waals surface area contributed by atoms with Crippen LogP contribution in [0.5, 0.6) is 0 Å². The third-order valence-electron chi connectivity index (χ3n) is 3.25. The number of rotatable bonds is 3. The van der Waals surface area contributed by atoms with E-state index >= 15 is 0 Å². The van der Waals surface area contributed by atoms with E-state index in [9.17, 15) is 0 Å². The second-order valence-electron chi connectivity index (χ2n) is 5.83. The van der Waals surface area contributed by atoms with Crippen molar-refractivity contribution in [3.63, 3.8) is 0 Å². The Hall–Kier alpha value is -0.830. The molecule has 0 saturated heterocycles. The van der Waals surface area contributed by atoms with Crippen LogP contribution in [-0.2, 0) is 11.8 Å². The second-order valence-corrected chi connectivity index (χ2v) is 8.86. The van der Waals surface area contributed by atoms with Crippen LogP contribution in [0.1, 0.15) is 38.8 Å². The quantitative estimate of drug-likeness (QED) is 0.727. The first kappa shape index (κ1) is 14.6. The van der Waals surface area contributed by atoms with Gasteiger partial charge >= 0.3 is 128 Å². The van der Waals surface area contributed by atoms with Crippen LogP contribution in [0.3, 0.4) is 0 Å². The van der Waals surface area contributed by atoms with E-state index in [2.05, 4.69) is 76.2 Å². The van der Waals surface area contributed by atoms with Crippen LogP contribution in [0, 0.1) is 7.14 Å². The van der Waals surface area contributed by atoms with Crippen LogP contribution in [-0.4, -0.2) is 0 Å². The Balaban J connectivity index is 2.10. The average molecular weight is 365 g/mol. The van der Waals surface area contributed by atoms with Gasteiger partial charge in [0.1, 0.15) is 0 Å². The van der Waals surface area contributed by atoms with E-state index in [4.69, 9.17) is 0 Å². The SMILES string of the molecule is CCc1ccc([I-]c2ccc(C(C)(C)C)cc2)cc1. The summed E-state index contributed by atoms with van der Waals surface area (Å²) in [6, 6.07) is 18.3. The molecule has 0 atom stereocenters. The predicted molar refractivity (Wildman–Crippen MR) is 78.4 cm³/mol. The third-order valence-corrected chi connectivity index (χ3v) is 5.93. The standard InChI is InChI=1S/C18H22I/c1-5-14-6-10-16(11-7-14)19-17-12-8-15(9-13-17)18(2,3)4/h6-13H,5H2,1-4H3/q-1. The second kappa shape index (κ2) is 6.08. The van der Waals surface area contributed by atoms with Crippen LogP contribution in [0.2, 0.25) is 0 Å². The summed E-state index contributed by atoms with van der Waals surface area (Å²) in [5, 5.41) is 0. The molecule has 0 saturated carbocycles. The van der Waals surface area contributed by atoms with E-state index in [1.807, 2.05) is 0 Å². The number of halogens is 1. The molecule has 0 heterocycles. The Kier molecular flexibility index (Phi) is 4.67. The first-order valence-corrected chi connectivity index (χ1v) is 8.99. The monoisotopic (exact) mass is 365 g/mol. The van der Waals surface area contributed by atoms with Crippen molar-refractivity contribution in [2.24, 2.45) is 0 Å². The molecule has 0 amide bonds. The van der Waals surface area contributed by atoms with Crippen molar-refractivity contribution in [2.45, 2.75) is 39.5 Å². The van der Waals surface area contributed by atoms with E-state index in [1.54, 1.807) is 0 Å². The van der Waals surface area contributed by atoms with Gasteiger partial charge in [-0.15, -0.1) is 0 Å². The van der Waals surface area contributed by atoms with Gasteiger partial charge in [0.15, 0.2) is 0 Å². The maximum absolute atomic E-state index is 2.31. The molecular formula is C18H22I-. The van der Waals surface area contributed by atoms with Gasteiger partial charge in [0.05, 0.1) is 0 Å². The molecule has 0 aliphatic heterocycles. The van der Waals surface area contributed by atoms with E-state index in [-0.39, 0.29) is 26.6 Å². The zero-order valence-corrected chi connectivity index (χ0v) is 14.4. The number of hydrogen-bond donors (Lipinski definition) is 0. The molecule has 0 nitrogen and oxygen atoms in total. The third kappa shape index (κ3) is 4.07. The number of aryl methyl sites for hydroxylation is 1. The molecule has 19 heavy (non-hydrogen) atoms. The van der Waals surface area contributed by atoms with Gasteiger partial charge in [-0.2, -0.15) is 0 Å². The molecule has 0 radical (unpaired) electrons. The summed E-state index contributed by atoms with van der Waals surface area (Å²) in [6.45, 7) is 9.00. The van der Waals surface area contributed by atoms with Gasteiger partial charge in [0, 0.05) is 0 Å². The zero-order valence-electron chi connectivity index (χ0n) is 12.2. The molecule has 0 aliphatic rings. The topological polar surface area (TPSA) is 0 Å². The molecular weight excluding hydrogens is 343 g/mol. The Bertz CT molecular complexity index is 515. The summed E-state index contributed by atoms with van der Waals surface area (Å²) in [6.07, 6.45) is 1.12. The molecule has 0 N–H and O–H groups in total. The fraction of sp³-hybridized carbons (Fsp3) is 0.333. The minimum absolute atomic E-state index is 0.0389. The summed E-state index contributed by atoms with van der Waals surface area (Å²) in [5.74, 6) is 0. The molecule has 2 aromatic carbocycles. The van der Waals surface area contributed by atoms with Crippen LogP contribution in [0.4, 0.5) is 0 Å². The molecule has 102 valence electrons. The van der Waals surface area contributed by atoms with Crippen LogP contribution >= 0.6 is 0 Å². The van der Waals surface area contributed by atoms with Crippen molar-refractivity contribution in [3.05, 3.63) is 66.8 Å². The predicted octanol–water partition coefficient (Wildman–Crippen LogP) is 1.67. The fourth-order valence-electron chi connectivity index (χ4n) is 1.92. The van der Waals surface area contributed by atoms with Gasteiger partial charge in [0.2, 0.25) is 0 Å². The molecule has 0 bridgehead atoms. The molecule has 0 fully saturated rings. The van der Waals surface area contributed by atoms with Crippen LogP contribution in [0.25, 0.3) is 0 Å². The van der Waals surface area contributed by atoms with Crippen molar-refractivity contribution < 1.29 is 21.2 Å². The molecule has 0 spiro atoms. The van der Waals surface area contributed by atoms with Crippen molar-refractivity contribution in [1.82, 2.24) is 0 Å². The first-order valence-electron chi connectivity index (χ1n) is 6.83. The molecule has 0 unspecified atom stereocenters.